The van der Waals surface area contributed by atoms with Crippen LogP contribution in [-0.4, -0.2) is 39.0 Å². The van der Waals surface area contributed by atoms with Crippen LogP contribution in [0.3, 0.4) is 0 Å². The Kier molecular flexibility index (Phi) is 4.55. The molecule has 1 aromatic heterocycles. The maximum absolute atomic E-state index is 9.91. The fourth-order valence-corrected chi connectivity index (χ4v) is 3.53. The molecule has 2 unspecified atom stereocenters. The van der Waals surface area contributed by atoms with Gasteiger partial charge in [-0.25, -0.2) is 4.68 Å². The fraction of sp³-hybridized carbons (Fsp3) is 0.526. The zero-order valence-corrected chi connectivity index (χ0v) is 14.6. The van der Waals surface area contributed by atoms with Gasteiger partial charge in [0.15, 0.2) is 0 Å². The topological polar surface area (TPSA) is 41.3 Å². The number of aliphatic hydroxyl groups is 1. The van der Waals surface area contributed by atoms with Gasteiger partial charge in [0.25, 0.3) is 0 Å². The second kappa shape index (κ2) is 6.46. The maximum atomic E-state index is 9.91. The fourth-order valence-electron chi connectivity index (χ4n) is 3.53. The van der Waals surface area contributed by atoms with E-state index in [1.807, 2.05) is 0 Å². The Bertz CT molecular complexity index is 692. The molecule has 0 saturated carbocycles. The van der Waals surface area contributed by atoms with E-state index in [2.05, 4.69) is 61.5 Å². The van der Waals surface area contributed by atoms with E-state index in [0.717, 1.165) is 37.4 Å². The number of benzene rings is 1. The molecule has 0 aliphatic carbocycles. The molecule has 4 heteroatoms. The average Bonchev–Trinajstić information content (AvgIpc) is 2.79. The summed E-state index contributed by atoms with van der Waals surface area (Å²) in [6, 6.07) is 8.37. The molecule has 124 valence electrons. The van der Waals surface area contributed by atoms with Crippen molar-refractivity contribution in [3.8, 4) is 5.69 Å². The van der Waals surface area contributed by atoms with E-state index >= 15 is 0 Å². The van der Waals surface area contributed by atoms with Crippen LogP contribution in [0.25, 0.3) is 5.69 Å². The van der Waals surface area contributed by atoms with Crippen LogP contribution in [0.5, 0.6) is 0 Å². The Morgan fingerprint density at radius 3 is 2.65 bits per heavy atom. The molecule has 4 nitrogen and oxygen atoms in total. The molecular weight excluding hydrogens is 286 g/mol. The third-order valence-electron chi connectivity index (χ3n) is 5.11. The molecule has 1 aromatic carbocycles. The van der Waals surface area contributed by atoms with E-state index in [-0.39, 0.29) is 6.10 Å². The summed E-state index contributed by atoms with van der Waals surface area (Å²) in [5.41, 5.74) is 6.03. The lowest BCUT2D eigenvalue weighted by Crippen LogP contribution is -2.41. The second-order valence-corrected chi connectivity index (χ2v) is 6.92. The van der Waals surface area contributed by atoms with Crippen molar-refractivity contribution in [1.82, 2.24) is 14.7 Å². The minimum atomic E-state index is -0.150. The lowest BCUT2D eigenvalue weighted by Gasteiger charge is -2.34. The normalized spacial score (nSPS) is 22.5. The van der Waals surface area contributed by atoms with Gasteiger partial charge in [0, 0.05) is 30.9 Å². The third-order valence-corrected chi connectivity index (χ3v) is 5.11. The predicted octanol–water partition coefficient (Wildman–Crippen LogP) is 3.00. The van der Waals surface area contributed by atoms with Crippen molar-refractivity contribution in [2.45, 2.75) is 46.8 Å². The zero-order valence-electron chi connectivity index (χ0n) is 14.6. The standard InChI is InChI=1S/C19H27N3O/c1-13-7-5-6-8-18(13)22-16(4)17(15(3)20-22)12-21-10-9-19(23)14(2)11-21/h5-8,14,19,23H,9-12H2,1-4H3. The lowest BCUT2D eigenvalue weighted by molar-refractivity contribution is 0.0319. The predicted molar refractivity (Wildman–Crippen MR) is 92.8 cm³/mol. The first-order chi connectivity index (χ1) is 11.0. The van der Waals surface area contributed by atoms with Crippen LogP contribution >= 0.6 is 0 Å². The van der Waals surface area contributed by atoms with Crippen LogP contribution in [0, 0.1) is 26.7 Å². The highest BCUT2D eigenvalue weighted by molar-refractivity contribution is 5.42. The van der Waals surface area contributed by atoms with E-state index in [4.69, 9.17) is 5.10 Å². The summed E-state index contributed by atoms with van der Waals surface area (Å²) in [5.74, 6) is 0.343. The Hall–Kier alpha value is -1.65. The van der Waals surface area contributed by atoms with Crippen molar-refractivity contribution in [2.75, 3.05) is 13.1 Å². The van der Waals surface area contributed by atoms with E-state index in [1.165, 1.54) is 16.8 Å². The van der Waals surface area contributed by atoms with Gasteiger partial charge in [0.2, 0.25) is 0 Å². The molecule has 2 atom stereocenters. The first-order valence-corrected chi connectivity index (χ1v) is 8.49. The number of hydrogen-bond acceptors (Lipinski definition) is 3. The largest absolute Gasteiger partial charge is 0.393 e. The molecule has 0 spiro atoms. The van der Waals surface area contributed by atoms with Gasteiger partial charge >= 0.3 is 0 Å². The van der Waals surface area contributed by atoms with Crippen molar-refractivity contribution >= 4 is 0 Å². The Morgan fingerprint density at radius 2 is 1.96 bits per heavy atom. The molecule has 1 aliphatic rings. The zero-order chi connectivity index (χ0) is 16.6. The van der Waals surface area contributed by atoms with Crippen molar-refractivity contribution in [2.24, 2.45) is 5.92 Å². The average molecular weight is 313 g/mol. The molecule has 1 fully saturated rings. The Labute approximate surface area is 138 Å². The number of rotatable bonds is 3. The quantitative estimate of drug-likeness (QED) is 0.947. The number of aliphatic hydroxyl groups excluding tert-OH is 1. The molecule has 1 aliphatic heterocycles. The smallest absolute Gasteiger partial charge is 0.0678 e. The van der Waals surface area contributed by atoms with Gasteiger partial charge < -0.3 is 5.11 Å². The van der Waals surface area contributed by atoms with Gasteiger partial charge in [-0.15, -0.1) is 0 Å². The van der Waals surface area contributed by atoms with Crippen LogP contribution in [0.15, 0.2) is 24.3 Å². The van der Waals surface area contributed by atoms with Gasteiger partial charge in [-0.1, -0.05) is 25.1 Å². The lowest BCUT2D eigenvalue weighted by atomic mass is 9.96. The highest BCUT2D eigenvalue weighted by Crippen LogP contribution is 2.24. The molecular formula is C19H27N3O. The van der Waals surface area contributed by atoms with Crippen LogP contribution in [0.4, 0.5) is 0 Å². The van der Waals surface area contributed by atoms with Crippen LogP contribution < -0.4 is 0 Å². The van der Waals surface area contributed by atoms with Crippen molar-refractivity contribution in [1.29, 1.82) is 0 Å². The maximum Gasteiger partial charge on any atom is 0.0678 e. The summed E-state index contributed by atoms with van der Waals surface area (Å²) in [5, 5.41) is 14.7. The summed E-state index contributed by atoms with van der Waals surface area (Å²) in [7, 11) is 0. The first kappa shape index (κ1) is 16.2. The van der Waals surface area contributed by atoms with Crippen LogP contribution in [0.1, 0.15) is 35.9 Å². The van der Waals surface area contributed by atoms with E-state index in [9.17, 15) is 5.11 Å². The van der Waals surface area contributed by atoms with Crippen LogP contribution in [-0.2, 0) is 6.54 Å². The third kappa shape index (κ3) is 3.19. The molecule has 0 bridgehead atoms. The molecule has 23 heavy (non-hydrogen) atoms. The molecule has 0 amide bonds. The minimum Gasteiger partial charge on any atom is -0.393 e. The van der Waals surface area contributed by atoms with Crippen molar-refractivity contribution in [3.63, 3.8) is 0 Å². The highest BCUT2D eigenvalue weighted by atomic mass is 16.3. The van der Waals surface area contributed by atoms with Crippen molar-refractivity contribution in [3.05, 3.63) is 46.8 Å². The number of aryl methyl sites for hydroxylation is 2. The summed E-state index contributed by atoms with van der Waals surface area (Å²) in [4.78, 5) is 2.44. The number of aromatic nitrogens is 2. The minimum absolute atomic E-state index is 0.150. The Morgan fingerprint density at radius 1 is 1.22 bits per heavy atom. The van der Waals surface area contributed by atoms with Gasteiger partial charge in [-0.2, -0.15) is 5.10 Å². The van der Waals surface area contributed by atoms with Gasteiger partial charge in [0.05, 0.1) is 17.5 Å². The second-order valence-electron chi connectivity index (χ2n) is 6.92. The molecule has 0 radical (unpaired) electrons. The number of likely N-dealkylation sites (tertiary alicyclic amines) is 1. The molecule has 1 N–H and O–H groups in total. The van der Waals surface area contributed by atoms with Gasteiger partial charge in [-0.3, -0.25) is 4.90 Å². The monoisotopic (exact) mass is 313 g/mol. The summed E-state index contributed by atoms with van der Waals surface area (Å²) >= 11 is 0. The number of hydrogen-bond donors (Lipinski definition) is 1. The SMILES string of the molecule is Cc1ccccc1-n1nc(C)c(CN2CCC(O)C(C)C2)c1C. The first-order valence-electron chi connectivity index (χ1n) is 8.49. The van der Waals surface area contributed by atoms with Gasteiger partial charge in [-0.05, 0) is 44.7 Å². The molecule has 2 aromatic rings. The van der Waals surface area contributed by atoms with Crippen LogP contribution in [0.2, 0.25) is 0 Å². The summed E-state index contributed by atoms with van der Waals surface area (Å²) in [6.07, 6.45) is 0.716. The van der Waals surface area contributed by atoms with Crippen molar-refractivity contribution < 1.29 is 5.11 Å². The summed E-state index contributed by atoms with van der Waals surface area (Å²) in [6.45, 7) is 11.3. The Balaban J connectivity index is 1.86. The molecule has 3 rings (SSSR count). The van der Waals surface area contributed by atoms with E-state index < -0.39 is 0 Å². The van der Waals surface area contributed by atoms with Gasteiger partial charge in [0.1, 0.15) is 0 Å². The number of para-hydroxylation sites is 1. The van der Waals surface area contributed by atoms with E-state index in [1.54, 1.807) is 0 Å². The number of piperidine rings is 1. The number of nitrogens with zero attached hydrogens (tertiary/aromatic N) is 3. The van der Waals surface area contributed by atoms with E-state index in [0.29, 0.717) is 5.92 Å². The summed E-state index contributed by atoms with van der Waals surface area (Å²) < 4.78 is 2.07. The molecule has 1 saturated heterocycles. The highest BCUT2D eigenvalue weighted by Gasteiger charge is 2.25. The molecule has 2 heterocycles.